The van der Waals surface area contributed by atoms with Gasteiger partial charge < -0.3 is 9.47 Å². The Bertz CT molecular complexity index is 2600. The van der Waals surface area contributed by atoms with Crippen LogP contribution in [0.15, 0.2) is 201 Å². The van der Waals surface area contributed by atoms with Gasteiger partial charge in [-0.05, 0) is 87.5 Å². The number of para-hydroxylation sites is 1. The molecular weight excluding hydrogens is 605 g/mol. The van der Waals surface area contributed by atoms with Crippen LogP contribution < -0.4 is 4.90 Å². The van der Waals surface area contributed by atoms with Gasteiger partial charge in [-0.25, -0.2) is 0 Å². The predicted molar refractivity (Wildman–Crippen MR) is 213 cm³/mol. The zero-order chi connectivity index (χ0) is 33.4. The highest BCUT2D eigenvalue weighted by Gasteiger charge is 2.18. The summed E-state index contributed by atoms with van der Waals surface area (Å²) in [6.45, 7) is 4.44. The molecule has 0 atom stereocenters. The summed E-state index contributed by atoms with van der Waals surface area (Å²) in [4.78, 5) is 2.28. The van der Waals surface area contributed by atoms with Gasteiger partial charge >= 0.3 is 0 Å². The molecule has 8 aromatic rings. The highest BCUT2D eigenvalue weighted by molar-refractivity contribution is 6.10. The van der Waals surface area contributed by atoms with Crippen molar-refractivity contribution in [2.24, 2.45) is 0 Å². The fourth-order valence-corrected chi connectivity index (χ4v) is 7.23. The number of anilines is 2. The predicted octanol–water partition coefficient (Wildman–Crippen LogP) is 13.0. The minimum Gasteiger partial charge on any atom is -0.317 e. The minimum absolute atomic E-state index is 0.981. The van der Waals surface area contributed by atoms with Crippen molar-refractivity contribution in [1.29, 1.82) is 0 Å². The molecule has 9 rings (SSSR count). The Kier molecular flexibility index (Phi) is 7.33. The van der Waals surface area contributed by atoms with Crippen molar-refractivity contribution < 1.29 is 0 Å². The van der Waals surface area contributed by atoms with Crippen molar-refractivity contribution in [3.8, 4) is 39.1 Å². The summed E-state index contributed by atoms with van der Waals surface area (Å²) < 4.78 is 2.41. The largest absolute Gasteiger partial charge is 0.317 e. The third-order valence-corrected chi connectivity index (χ3v) is 9.70. The van der Waals surface area contributed by atoms with E-state index in [9.17, 15) is 0 Å². The minimum atomic E-state index is 0.981. The summed E-state index contributed by atoms with van der Waals surface area (Å²) in [5.41, 5.74) is 14.9. The van der Waals surface area contributed by atoms with Crippen LogP contribution in [0.3, 0.4) is 0 Å². The van der Waals surface area contributed by atoms with Gasteiger partial charge in [-0.2, -0.15) is 0 Å². The molecule has 0 spiro atoms. The zero-order valence-corrected chi connectivity index (χ0v) is 27.6. The van der Waals surface area contributed by atoms with Crippen LogP contribution in [0.25, 0.3) is 66.4 Å². The first-order valence-electron chi connectivity index (χ1n) is 17.0. The number of hydrogen-bond acceptors (Lipinski definition) is 1. The Labute approximate surface area is 292 Å². The van der Waals surface area contributed by atoms with Gasteiger partial charge in [-0.1, -0.05) is 146 Å². The molecule has 236 valence electrons. The van der Waals surface area contributed by atoms with Crippen molar-refractivity contribution in [2.75, 3.05) is 4.90 Å². The van der Waals surface area contributed by atoms with E-state index in [2.05, 4.69) is 210 Å². The number of allylic oxidation sites excluding steroid dienone is 4. The summed E-state index contributed by atoms with van der Waals surface area (Å²) in [7, 11) is 0. The molecule has 1 aliphatic heterocycles. The lowest BCUT2D eigenvalue weighted by molar-refractivity contribution is 1.18. The molecule has 1 aliphatic rings. The van der Waals surface area contributed by atoms with E-state index in [0.29, 0.717) is 0 Å². The summed E-state index contributed by atoms with van der Waals surface area (Å²) in [5.74, 6) is 0. The molecule has 0 bridgehead atoms. The van der Waals surface area contributed by atoms with E-state index in [1.54, 1.807) is 0 Å². The van der Waals surface area contributed by atoms with E-state index >= 15 is 0 Å². The molecule has 0 saturated carbocycles. The third kappa shape index (κ3) is 5.24. The smallest absolute Gasteiger partial charge is 0.0547 e. The van der Waals surface area contributed by atoms with Gasteiger partial charge in [0.25, 0.3) is 0 Å². The molecule has 2 nitrogen and oxygen atoms in total. The summed E-state index contributed by atoms with van der Waals surface area (Å²) in [5, 5.41) is 2.48. The van der Waals surface area contributed by atoms with Crippen molar-refractivity contribution in [1.82, 2.24) is 4.57 Å². The van der Waals surface area contributed by atoms with Crippen LogP contribution in [-0.4, -0.2) is 4.57 Å². The summed E-state index contributed by atoms with van der Waals surface area (Å²) in [6.07, 6.45) is 8.38. The molecule has 0 unspecified atom stereocenters. The molecule has 0 fully saturated rings. The van der Waals surface area contributed by atoms with E-state index in [1.165, 1.54) is 44.1 Å². The van der Waals surface area contributed by atoms with Crippen LogP contribution >= 0.6 is 0 Å². The van der Waals surface area contributed by atoms with Gasteiger partial charge in [0, 0.05) is 33.9 Å². The second kappa shape index (κ2) is 12.4. The molecule has 0 radical (unpaired) electrons. The van der Waals surface area contributed by atoms with E-state index in [0.717, 1.165) is 39.3 Å². The zero-order valence-electron chi connectivity index (χ0n) is 27.6. The maximum Gasteiger partial charge on any atom is 0.0547 e. The summed E-state index contributed by atoms with van der Waals surface area (Å²) in [6, 6.07) is 61.1. The first-order valence-corrected chi connectivity index (χ1v) is 17.0. The average molecular weight is 639 g/mol. The lowest BCUT2D eigenvalue weighted by atomic mass is 9.96. The highest BCUT2D eigenvalue weighted by atomic mass is 15.1. The lowest BCUT2D eigenvalue weighted by Gasteiger charge is -2.26. The number of hydrogen-bond donors (Lipinski definition) is 0. The molecule has 0 saturated heterocycles. The average Bonchev–Trinajstić information content (AvgIpc) is 3.51. The molecule has 0 aliphatic carbocycles. The van der Waals surface area contributed by atoms with E-state index < -0.39 is 0 Å². The van der Waals surface area contributed by atoms with Crippen molar-refractivity contribution >= 4 is 38.8 Å². The molecule has 2 heterocycles. The van der Waals surface area contributed by atoms with E-state index in [1.807, 2.05) is 0 Å². The van der Waals surface area contributed by atoms with Crippen LogP contribution in [0.2, 0.25) is 0 Å². The second-order valence-corrected chi connectivity index (χ2v) is 12.7. The molecule has 50 heavy (non-hydrogen) atoms. The molecule has 2 heteroatoms. The van der Waals surface area contributed by atoms with Crippen LogP contribution in [0.1, 0.15) is 5.56 Å². The van der Waals surface area contributed by atoms with Gasteiger partial charge in [-0.15, -0.1) is 0 Å². The Balaban J connectivity index is 1.20. The van der Waals surface area contributed by atoms with Gasteiger partial charge in [-0.3, -0.25) is 0 Å². The Hall–Kier alpha value is -6.64. The number of aromatic nitrogens is 1. The normalized spacial score (nSPS) is 13.9. The number of rotatable bonds is 5. The fourth-order valence-electron chi connectivity index (χ4n) is 7.23. The van der Waals surface area contributed by atoms with Gasteiger partial charge in [0.05, 0.1) is 16.7 Å². The van der Waals surface area contributed by atoms with Gasteiger partial charge in [0.2, 0.25) is 0 Å². The molecule has 7 aromatic carbocycles. The van der Waals surface area contributed by atoms with Crippen LogP contribution in [0.5, 0.6) is 0 Å². The maximum absolute atomic E-state index is 4.44. The fraction of sp³-hybridized carbons (Fsp3) is 0. The molecule has 0 N–H and O–H groups in total. The van der Waals surface area contributed by atoms with Crippen molar-refractivity contribution in [2.45, 2.75) is 0 Å². The van der Waals surface area contributed by atoms with Crippen LogP contribution in [0, 0.1) is 0 Å². The van der Waals surface area contributed by atoms with Crippen LogP contribution in [0.4, 0.5) is 11.4 Å². The first kappa shape index (κ1) is 29.5. The molecule has 0 amide bonds. The first-order chi connectivity index (χ1) is 24.7. The Morgan fingerprint density at radius 3 is 1.74 bits per heavy atom. The Morgan fingerprint density at radius 1 is 0.400 bits per heavy atom. The van der Waals surface area contributed by atoms with Crippen molar-refractivity contribution in [3.63, 3.8) is 0 Å². The number of benzene rings is 7. The van der Waals surface area contributed by atoms with Gasteiger partial charge in [0.1, 0.15) is 0 Å². The van der Waals surface area contributed by atoms with E-state index in [4.69, 9.17) is 0 Å². The third-order valence-electron chi connectivity index (χ3n) is 9.70. The highest BCUT2D eigenvalue weighted by Crippen LogP contribution is 2.40. The lowest BCUT2D eigenvalue weighted by Crippen LogP contribution is -2.11. The number of fused-ring (bicyclic) bond motifs is 4. The van der Waals surface area contributed by atoms with Crippen molar-refractivity contribution in [3.05, 3.63) is 206 Å². The standard InChI is InChI=1S/C48H34N2/c1-34-14-10-11-29-49(41-21-12-19-37(30-41)35-15-4-2-5-16-35)47-32-39(25-27-43(34)47)40-26-28-45-44-23-8-9-24-46(44)50(48(45)33-40)42-22-13-20-38(31-42)36-17-6-3-7-18-36/h2-33H,1H2/b14-10-,29-11-. The monoisotopic (exact) mass is 638 g/mol. The molecule has 1 aromatic heterocycles. The Morgan fingerprint density at radius 2 is 0.980 bits per heavy atom. The second-order valence-electron chi connectivity index (χ2n) is 12.7. The van der Waals surface area contributed by atoms with Crippen LogP contribution in [-0.2, 0) is 0 Å². The SMILES string of the molecule is C=C1/C=C\C=C/N(c2cccc(-c3ccccc3)c2)c2cc(-c3ccc4c5ccccc5n(-c5cccc(-c6ccccc6)c5)c4c3)ccc21. The van der Waals surface area contributed by atoms with Gasteiger partial charge in [0.15, 0.2) is 0 Å². The molecular formula is C48H34N2. The maximum atomic E-state index is 4.44. The topological polar surface area (TPSA) is 8.17 Å². The quantitative estimate of drug-likeness (QED) is 0.182. The van der Waals surface area contributed by atoms with E-state index in [-0.39, 0.29) is 0 Å². The number of nitrogens with zero attached hydrogens (tertiary/aromatic N) is 2. The summed E-state index contributed by atoms with van der Waals surface area (Å²) >= 11 is 0.